The molecule has 6 nitrogen and oxygen atoms in total. The Kier molecular flexibility index (Phi) is 5.77. The molecule has 0 aromatic heterocycles. The lowest BCUT2D eigenvalue weighted by Crippen LogP contribution is -3.08. The highest BCUT2D eigenvalue weighted by atomic mass is 16.3. The van der Waals surface area contributed by atoms with Gasteiger partial charge in [0.05, 0.1) is 25.2 Å². The topological polar surface area (TPSA) is 77.2 Å². The first-order chi connectivity index (χ1) is 14.6. The number of urea groups is 1. The van der Waals surface area contributed by atoms with Gasteiger partial charge in [0.1, 0.15) is 5.69 Å². The van der Waals surface area contributed by atoms with Crippen molar-refractivity contribution in [2.75, 3.05) is 13.1 Å². The van der Waals surface area contributed by atoms with Crippen molar-refractivity contribution in [1.29, 1.82) is 0 Å². The van der Waals surface area contributed by atoms with Crippen LogP contribution in [-0.2, 0) is 17.8 Å². The van der Waals surface area contributed by atoms with E-state index in [1.165, 1.54) is 16.2 Å². The fourth-order valence-corrected chi connectivity index (χ4v) is 4.17. The maximum atomic E-state index is 12.9. The Morgan fingerprint density at radius 2 is 1.97 bits per heavy atom. The van der Waals surface area contributed by atoms with E-state index in [1.807, 2.05) is 36.4 Å². The van der Waals surface area contributed by atoms with Crippen molar-refractivity contribution in [2.24, 2.45) is 4.99 Å². The fraction of sp³-hybridized carbons (Fsp3) is 0.292. The molecule has 0 spiro atoms. The molecule has 2 aromatic rings. The van der Waals surface area contributed by atoms with E-state index in [4.69, 9.17) is 0 Å². The van der Waals surface area contributed by atoms with Gasteiger partial charge in [-0.3, -0.25) is 9.69 Å². The second-order valence-corrected chi connectivity index (χ2v) is 7.76. The molecule has 1 unspecified atom stereocenters. The zero-order chi connectivity index (χ0) is 21.1. The number of hydrogen-bond donors (Lipinski definition) is 1. The quantitative estimate of drug-likeness (QED) is 0.775. The minimum Gasteiger partial charge on any atom is -0.858 e. The number of carbonyl (C=O) groups excluding carboxylic acids is 2. The summed E-state index contributed by atoms with van der Waals surface area (Å²) in [4.78, 5) is 31.2. The van der Waals surface area contributed by atoms with Gasteiger partial charge >= 0.3 is 6.03 Å². The smallest absolute Gasteiger partial charge is 0.350 e. The number of carbonyl (C=O) groups is 2. The maximum Gasteiger partial charge on any atom is 0.350 e. The molecular formula is C24H25N3O3. The van der Waals surface area contributed by atoms with Gasteiger partial charge in [-0.1, -0.05) is 37.3 Å². The van der Waals surface area contributed by atoms with Crippen molar-refractivity contribution in [3.05, 3.63) is 70.8 Å². The van der Waals surface area contributed by atoms with Crippen LogP contribution in [0.3, 0.4) is 0 Å². The molecular weight excluding hydrogens is 378 g/mol. The Bertz CT molecular complexity index is 1030. The van der Waals surface area contributed by atoms with Crippen molar-refractivity contribution in [1.82, 2.24) is 4.90 Å². The van der Waals surface area contributed by atoms with E-state index >= 15 is 0 Å². The van der Waals surface area contributed by atoms with E-state index in [1.54, 1.807) is 6.08 Å². The summed E-state index contributed by atoms with van der Waals surface area (Å²) in [6.07, 6.45) is 4.79. The number of quaternary nitrogens is 1. The van der Waals surface area contributed by atoms with Gasteiger partial charge in [-0.05, 0) is 48.2 Å². The van der Waals surface area contributed by atoms with Crippen LogP contribution < -0.4 is 10.0 Å². The molecule has 0 fully saturated rings. The molecule has 2 aliphatic heterocycles. The lowest BCUT2D eigenvalue weighted by molar-refractivity contribution is -0.835. The molecule has 154 valence electrons. The third-order valence-electron chi connectivity index (χ3n) is 5.62. The number of nitrogens with zero attached hydrogens (tertiary/aromatic N) is 2. The highest BCUT2D eigenvalue weighted by molar-refractivity contribution is 6.28. The number of nitrogens with one attached hydrogen (secondary N) is 1. The van der Waals surface area contributed by atoms with Crippen LogP contribution in [-0.4, -0.2) is 35.8 Å². The number of benzene rings is 2. The molecule has 0 saturated heterocycles. The van der Waals surface area contributed by atoms with Crippen molar-refractivity contribution in [3.63, 3.8) is 0 Å². The van der Waals surface area contributed by atoms with E-state index < -0.39 is 17.8 Å². The van der Waals surface area contributed by atoms with Gasteiger partial charge in [0.25, 0.3) is 5.91 Å². The van der Waals surface area contributed by atoms with E-state index in [0.717, 1.165) is 48.4 Å². The Balaban J connectivity index is 1.63. The molecule has 30 heavy (non-hydrogen) atoms. The van der Waals surface area contributed by atoms with Crippen LogP contribution in [0.5, 0.6) is 0 Å². The molecule has 1 atom stereocenters. The summed E-state index contributed by atoms with van der Waals surface area (Å²) in [5.41, 5.74) is 4.07. The largest absolute Gasteiger partial charge is 0.858 e. The van der Waals surface area contributed by atoms with Crippen molar-refractivity contribution in [3.8, 4) is 0 Å². The molecule has 3 amide bonds. The van der Waals surface area contributed by atoms with Crippen LogP contribution in [0.15, 0.2) is 59.1 Å². The zero-order valence-electron chi connectivity index (χ0n) is 17.1. The number of aryl methyl sites for hydroxylation is 1. The summed E-state index contributed by atoms with van der Waals surface area (Å²) in [6.45, 7) is 4.51. The van der Waals surface area contributed by atoms with Crippen LogP contribution in [0.2, 0.25) is 0 Å². The Hall–Kier alpha value is -3.25. The first-order valence-electron chi connectivity index (χ1n) is 10.4. The van der Waals surface area contributed by atoms with Crippen LogP contribution >= 0.6 is 0 Å². The van der Waals surface area contributed by atoms with Gasteiger partial charge < -0.3 is 10.0 Å². The second kappa shape index (κ2) is 8.63. The number of fused-ring (bicyclic) bond motifs is 1. The average Bonchev–Trinajstić information content (AvgIpc) is 2.75. The number of amides is 3. The molecule has 0 saturated carbocycles. The van der Waals surface area contributed by atoms with Crippen LogP contribution in [0, 0.1) is 0 Å². The van der Waals surface area contributed by atoms with Gasteiger partial charge in [0, 0.05) is 17.9 Å². The normalized spacial score (nSPS) is 20.3. The lowest BCUT2D eigenvalue weighted by Gasteiger charge is -2.28. The molecule has 6 heteroatoms. The molecule has 2 aliphatic rings. The molecule has 0 aliphatic carbocycles. The highest BCUT2D eigenvalue weighted by Gasteiger charge is 2.29. The first-order valence-corrected chi connectivity index (χ1v) is 10.4. The molecule has 1 N–H and O–H groups in total. The molecule has 4 rings (SSSR count). The summed E-state index contributed by atoms with van der Waals surface area (Å²) in [6, 6.07) is 14.5. The monoisotopic (exact) mass is 403 g/mol. The summed E-state index contributed by atoms with van der Waals surface area (Å²) < 4.78 is 0. The standard InChI is InChI=1S/C24H25N3O3/c1-2-12-26-13-6-9-19-14-18(10-11-21(19)26)15-20-22(28)25-24(30)27(23(20)29)16-17-7-4-3-5-8-17/h3-5,7-8,10-11,14-15H,2,6,9,12-13,16H2,1H3,(H,25,28,30). The Labute approximate surface area is 176 Å². The molecule has 2 heterocycles. The third-order valence-corrected chi connectivity index (χ3v) is 5.62. The van der Waals surface area contributed by atoms with E-state index in [-0.39, 0.29) is 12.1 Å². The number of aliphatic imine (C=N–C) groups is 1. The van der Waals surface area contributed by atoms with Crippen molar-refractivity contribution >= 4 is 29.6 Å². The summed E-state index contributed by atoms with van der Waals surface area (Å²) in [5, 5.41) is 12.3. The van der Waals surface area contributed by atoms with E-state index in [2.05, 4.69) is 24.0 Å². The highest BCUT2D eigenvalue weighted by Crippen LogP contribution is 2.22. The van der Waals surface area contributed by atoms with Crippen LogP contribution in [0.4, 0.5) is 10.5 Å². The van der Waals surface area contributed by atoms with Gasteiger partial charge in [-0.25, -0.2) is 9.79 Å². The first kappa shape index (κ1) is 20.0. The van der Waals surface area contributed by atoms with Crippen molar-refractivity contribution < 1.29 is 19.6 Å². The Morgan fingerprint density at radius 1 is 1.17 bits per heavy atom. The van der Waals surface area contributed by atoms with Gasteiger partial charge in [0.15, 0.2) is 0 Å². The van der Waals surface area contributed by atoms with Crippen LogP contribution in [0.25, 0.3) is 6.08 Å². The average molecular weight is 403 g/mol. The molecule has 2 aromatic carbocycles. The van der Waals surface area contributed by atoms with E-state index in [0.29, 0.717) is 0 Å². The SMILES string of the molecule is CCC[NH+]1CCCc2cc(C=C3C(=O)N(Cc4ccccc4)C(=O)N=C3[O-])ccc21. The number of imide groups is 1. The fourth-order valence-electron chi connectivity index (χ4n) is 4.17. The number of rotatable bonds is 5. The minimum absolute atomic E-state index is 0.0703. The summed E-state index contributed by atoms with van der Waals surface area (Å²) in [7, 11) is 0. The second-order valence-electron chi connectivity index (χ2n) is 7.76. The summed E-state index contributed by atoms with van der Waals surface area (Å²) in [5.74, 6) is -1.37. The number of hydrogen-bond acceptors (Lipinski definition) is 3. The minimum atomic E-state index is -0.810. The molecule has 0 radical (unpaired) electrons. The third kappa shape index (κ3) is 4.04. The lowest BCUT2D eigenvalue weighted by atomic mass is 9.97. The van der Waals surface area contributed by atoms with Gasteiger partial charge in [-0.15, -0.1) is 0 Å². The van der Waals surface area contributed by atoms with E-state index in [9.17, 15) is 14.7 Å². The zero-order valence-corrected chi connectivity index (χ0v) is 17.1. The Morgan fingerprint density at radius 3 is 2.73 bits per heavy atom. The van der Waals surface area contributed by atoms with Gasteiger partial charge in [0.2, 0.25) is 0 Å². The maximum absolute atomic E-state index is 12.9. The van der Waals surface area contributed by atoms with Crippen molar-refractivity contribution in [2.45, 2.75) is 32.7 Å². The predicted molar refractivity (Wildman–Crippen MR) is 113 cm³/mol. The van der Waals surface area contributed by atoms with Gasteiger partial charge in [-0.2, -0.15) is 0 Å². The molecule has 0 bridgehead atoms. The van der Waals surface area contributed by atoms with Crippen LogP contribution in [0.1, 0.15) is 36.5 Å². The summed E-state index contributed by atoms with van der Waals surface area (Å²) >= 11 is 0. The predicted octanol–water partition coefficient (Wildman–Crippen LogP) is 1.86.